The summed E-state index contributed by atoms with van der Waals surface area (Å²) in [5.74, 6) is 0.188. The number of benzene rings is 1. The van der Waals surface area contributed by atoms with Crippen molar-refractivity contribution in [2.45, 2.75) is 31.9 Å². The van der Waals surface area contributed by atoms with Gasteiger partial charge in [-0.1, -0.05) is 0 Å². The van der Waals surface area contributed by atoms with Crippen LogP contribution in [0.3, 0.4) is 0 Å². The molecule has 3 rings (SSSR count). The average molecular weight is 277 g/mol. The van der Waals surface area contributed by atoms with Crippen molar-refractivity contribution in [1.82, 2.24) is 20.2 Å². The highest BCUT2D eigenvalue weighted by atomic mass is 19.1. The maximum atomic E-state index is 13.8. The van der Waals surface area contributed by atoms with Gasteiger partial charge in [-0.25, -0.2) is 9.07 Å². The van der Waals surface area contributed by atoms with Crippen LogP contribution in [0.25, 0.3) is 11.4 Å². The van der Waals surface area contributed by atoms with Crippen molar-refractivity contribution >= 4 is 5.69 Å². The van der Waals surface area contributed by atoms with E-state index < -0.39 is 0 Å². The van der Waals surface area contributed by atoms with Crippen LogP contribution < -0.4 is 5.73 Å². The molecule has 1 aromatic carbocycles. The lowest BCUT2D eigenvalue weighted by Crippen LogP contribution is -2.33. The number of rotatable bonds is 3. The first-order valence-electron chi connectivity index (χ1n) is 6.46. The second kappa shape index (κ2) is 4.82. The molecule has 1 aliphatic carbocycles. The number of halogens is 1. The molecule has 1 aromatic heterocycles. The maximum absolute atomic E-state index is 13.8. The van der Waals surface area contributed by atoms with E-state index in [9.17, 15) is 4.39 Å². The second-order valence-corrected chi connectivity index (χ2v) is 5.10. The van der Waals surface area contributed by atoms with Gasteiger partial charge in [-0.05, 0) is 42.3 Å². The first-order valence-corrected chi connectivity index (χ1v) is 6.46. The predicted octanol–water partition coefficient (Wildman–Crippen LogP) is 1.72. The van der Waals surface area contributed by atoms with E-state index in [1.165, 1.54) is 6.07 Å². The summed E-state index contributed by atoms with van der Waals surface area (Å²) in [6, 6.07) is 3.31. The van der Waals surface area contributed by atoms with Gasteiger partial charge in [-0.3, -0.25) is 0 Å². The summed E-state index contributed by atoms with van der Waals surface area (Å²) in [5, 5.41) is 11.7. The van der Waals surface area contributed by atoms with E-state index in [4.69, 9.17) is 10.5 Å². The Morgan fingerprint density at radius 2 is 2.15 bits per heavy atom. The van der Waals surface area contributed by atoms with Gasteiger partial charge >= 0.3 is 0 Å². The molecule has 0 aliphatic heterocycles. The minimum atomic E-state index is -0.349. The van der Waals surface area contributed by atoms with Gasteiger partial charge in [0.15, 0.2) is 5.82 Å². The van der Waals surface area contributed by atoms with Gasteiger partial charge in [0.1, 0.15) is 5.82 Å². The van der Waals surface area contributed by atoms with Gasteiger partial charge in [-0.2, -0.15) is 0 Å². The summed E-state index contributed by atoms with van der Waals surface area (Å²) < 4.78 is 20.8. The minimum Gasteiger partial charge on any atom is -0.398 e. The molecule has 0 bridgehead atoms. The smallest absolute Gasteiger partial charge is 0.182 e. The Morgan fingerprint density at radius 1 is 1.40 bits per heavy atom. The van der Waals surface area contributed by atoms with Crippen molar-refractivity contribution in [3.8, 4) is 11.4 Å². The molecule has 7 heteroatoms. The summed E-state index contributed by atoms with van der Waals surface area (Å²) in [7, 11) is 1.69. The van der Waals surface area contributed by atoms with Crippen molar-refractivity contribution in [2.75, 3.05) is 12.8 Å². The molecule has 2 N–H and O–H groups in total. The van der Waals surface area contributed by atoms with E-state index in [0.29, 0.717) is 22.6 Å². The molecule has 1 aliphatic rings. The number of ether oxygens (including phenoxy) is 1. The average Bonchev–Trinajstić information content (AvgIpc) is 2.83. The molecule has 0 unspecified atom stereocenters. The third-order valence-corrected chi connectivity index (χ3v) is 3.88. The fourth-order valence-corrected chi connectivity index (χ4v) is 2.39. The Morgan fingerprint density at radius 3 is 2.80 bits per heavy atom. The number of hydrogen-bond acceptors (Lipinski definition) is 5. The number of nitrogens with two attached hydrogens (primary N) is 1. The van der Waals surface area contributed by atoms with E-state index in [-0.39, 0.29) is 18.0 Å². The Bertz CT molecular complexity index is 612. The Kier molecular flexibility index (Phi) is 3.13. The molecule has 1 saturated carbocycles. The maximum Gasteiger partial charge on any atom is 0.182 e. The predicted molar refractivity (Wildman–Crippen MR) is 71.4 cm³/mol. The molecule has 0 atom stereocenters. The van der Waals surface area contributed by atoms with Gasteiger partial charge < -0.3 is 10.5 Å². The SMILES string of the molecule is COC1CC(n2nnnc2-c2cc(N)c(C)c(F)c2)C1. The van der Waals surface area contributed by atoms with E-state index in [0.717, 1.165) is 12.8 Å². The van der Waals surface area contributed by atoms with Crippen LogP contribution >= 0.6 is 0 Å². The normalized spacial score (nSPS) is 21.8. The monoisotopic (exact) mass is 277 g/mol. The Hall–Kier alpha value is -2.02. The molecular weight excluding hydrogens is 261 g/mol. The van der Waals surface area contributed by atoms with Gasteiger partial charge in [0.05, 0.1) is 12.1 Å². The van der Waals surface area contributed by atoms with Gasteiger partial charge in [0.2, 0.25) is 0 Å². The van der Waals surface area contributed by atoms with Crippen molar-refractivity contribution < 1.29 is 9.13 Å². The molecule has 0 radical (unpaired) electrons. The second-order valence-electron chi connectivity index (χ2n) is 5.10. The van der Waals surface area contributed by atoms with Crippen molar-refractivity contribution in [3.63, 3.8) is 0 Å². The summed E-state index contributed by atoms with van der Waals surface area (Å²) in [5.41, 5.74) is 7.24. The van der Waals surface area contributed by atoms with Crippen LogP contribution in [0.1, 0.15) is 24.4 Å². The van der Waals surface area contributed by atoms with Crippen LogP contribution in [-0.2, 0) is 4.74 Å². The number of anilines is 1. The molecule has 106 valence electrons. The van der Waals surface area contributed by atoms with E-state index in [1.807, 2.05) is 0 Å². The quantitative estimate of drug-likeness (QED) is 0.864. The lowest BCUT2D eigenvalue weighted by Gasteiger charge is -2.34. The molecule has 6 nitrogen and oxygen atoms in total. The number of nitrogens with zero attached hydrogens (tertiary/aromatic N) is 4. The van der Waals surface area contributed by atoms with Crippen molar-refractivity contribution in [3.05, 3.63) is 23.5 Å². The summed E-state index contributed by atoms with van der Waals surface area (Å²) in [4.78, 5) is 0. The molecule has 20 heavy (non-hydrogen) atoms. The number of nitrogen functional groups attached to an aromatic ring is 1. The highest BCUT2D eigenvalue weighted by Gasteiger charge is 2.33. The largest absolute Gasteiger partial charge is 0.398 e. The topological polar surface area (TPSA) is 78.8 Å². The van der Waals surface area contributed by atoms with Crippen LogP contribution in [-0.4, -0.2) is 33.4 Å². The number of tetrazole rings is 1. The number of hydrogen-bond donors (Lipinski definition) is 1. The molecule has 0 amide bonds. The third kappa shape index (κ3) is 2.03. The van der Waals surface area contributed by atoms with Gasteiger partial charge in [-0.15, -0.1) is 5.10 Å². The lowest BCUT2D eigenvalue weighted by molar-refractivity contribution is 0.00248. The van der Waals surface area contributed by atoms with Crippen molar-refractivity contribution in [2.24, 2.45) is 0 Å². The van der Waals surface area contributed by atoms with Crippen LogP contribution in [0.2, 0.25) is 0 Å². The zero-order chi connectivity index (χ0) is 14.3. The van der Waals surface area contributed by atoms with Gasteiger partial charge in [0.25, 0.3) is 0 Å². The fourth-order valence-electron chi connectivity index (χ4n) is 2.39. The zero-order valence-electron chi connectivity index (χ0n) is 11.4. The van der Waals surface area contributed by atoms with E-state index in [2.05, 4.69) is 15.5 Å². The third-order valence-electron chi connectivity index (χ3n) is 3.88. The first kappa shape index (κ1) is 13.0. The molecule has 1 fully saturated rings. The summed E-state index contributed by atoms with van der Waals surface area (Å²) >= 11 is 0. The molecule has 1 heterocycles. The summed E-state index contributed by atoms with van der Waals surface area (Å²) in [6.07, 6.45) is 1.97. The Labute approximate surface area is 115 Å². The molecular formula is C13H16FN5O. The summed E-state index contributed by atoms with van der Waals surface area (Å²) in [6.45, 7) is 1.65. The van der Waals surface area contributed by atoms with E-state index in [1.54, 1.807) is 24.8 Å². The standard InChI is InChI=1S/C13H16FN5O/c1-7-11(14)3-8(4-12(7)15)13-16-17-18-19(13)9-5-10(6-9)20-2/h3-4,9-10H,5-6,15H2,1-2H3. The van der Waals surface area contributed by atoms with Crippen LogP contribution in [0.4, 0.5) is 10.1 Å². The fraction of sp³-hybridized carbons (Fsp3) is 0.462. The highest BCUT2D eigenvalue weighted by Crippen LogP contribution is 2.36. The lowest BCUT2D eigenvalue weighted by atomic mass is 9.89. The minimum absolute atomic E-state index is 0.190. The Balaban J connectivity index is 1.94. The van der Waals surface area contributed by atoms with Crippen molar-refractivity contribution in [1.29, 1.82) is 0 Å². The number of methoxy groups -OCH3 is 1. The highest BCUT2D eigenvalue weighted by molar-refractivity contribution is 5.64. The van der Waals surface area contributed by atoms with E-state index >= 15 is 0 Å². The van der Waals surface area contributed by atoms with Crippen LogP contribution in [0.15, 0.2) is 12.1 Å². The van der Waals surface area contributed by atoms with Crippen LogP contribution in [0.5, 0.6) is 0 Å². The number of aromatic nitrogens is 4. The molecule has 2 aromatic rings. The van der Waals surface area contributed by atoms with Gasteiger partial charge in [0, 0.05) is 23.9 Å². The molecule has 0 saturated heterocycles. The first-order chi connectivity index (χ1) is 9.60. The van der Waals surface area contributed by atoms with Crippen LogP contribution in [0, 0.1) is 12.7 Å². The molecule has 0 spiro atoms. The zero-order valence-corrected chi connectivity index (χ0v) is 11.4.